The second-order valence-corrected chi connectivity index (χ2v) is 5.91. The molecule has 0 heterocycles. The maximum atomic E-state index is 12.2. The molecule has 1 amide bonds. The summed E-state index contributed by atoms with van der Waals surface area (Å²) in [4.78, 5) is 23.5. The average Bonchev–Trinajstić information content (AvgIpc) is 2.95. The van der Waals surface area contributed by atoms with Crippen molar-refractivity contribution in [3.63, 3.8) is 0 Å². The third-order valence-electron chi connectivity index (χ3n) is 4.45. The quantitative estimate of drug-likeness (QED) is 0.643. The lowest BCUT2D eigenvalue weighted by Crippen LogP contribution is -2.46. The van der Waals surface area contributed by atoms with Crippen LogP contribution < -0.4 is 5.32 Å². The van der Waals surface area contributed by atoms with Crippen LogP contribution in [0.3, 0.4) is 0 Å². The Morgan fingerprint density at radius 1 is 1.32 bits per heavy atom. The fraction of sp³-hybridized carbons (Fsp3) is 0.714. The molecule has 0 aromatic carbocycles. The molecule has 5 nitrogen and oxygen atoms in total. The van der Waals surface area contributed by atoms with E-state index in [9.17, 15) is 19.8 Å². The molecule has 2 rings (SSSR count). The number of hydrogen-bond acceptors (Lipinski definition) is 3. The summed E-state index contributed by atoms with van der Waals surface area (Å²) in [6.07, 6.45) is 5.15. The minimum atomic E-state index is -0.943. The van der Waals surface area contributed by atoms with Crippen LogP contribution in [0.25, 0.3) is 0 Å². The zero-order chi connectivity index (χ0) is 14.2. The Morgan fingerprint density at radius 2 is 1.89 bits per heavy atom. The lowest BCUT2D eigenvalue weighted by atomic mass is 9.82. The van der Waals surface area contributed by atoms with E-state index >= 15 is 0 Å². The van der Waals surface area contributed by atoms with Crippen LogP contribution in [0, 0.1) is 23.7 Å². The predicted molar refractivity (Wildman–Crippen MR) is 69.3 cm³/mol. The number of fused-ring (bicyclic) bond motifs is 2. The van der Waals surface area contributed by atoms with Gasteiger partial charge in [-0.05, 0) is 31.6 Å². The molecular formula is C14H21NO4. The molecule has 1 saturated carbocycles. The number of aliphatic hydroxyl groups is 1. The van der Waals surface area contributed by atoms with Gasteiger partial charge in [0.05, 0.1) is 17.4 Å². The molecule has 5 heteroatoms. The van der Waals surface area contributed by atoms with E-state index in [0.717, 1.165) is 6.42 Å². The van der Waals surface area contributed by atoms with Crippen LogP contribution in [-0.2, 0) is 9.59 Å². The molecule has 3 N–H and O–H groups in total. The van der Waals surface area contributed by atoms with Gasteiger partial charge in [0, 0.05) is 6.54 Å². The first-order chi connectivity index (χ1) is 8.85. The first-order valence-electron chi connectivity index (χ1n) is 6.77. The normalized spacial score (nSPS) is 35.1. The molecule has 2 bridgehead atoms. The highest BCUT2D eigenvalue weighted by Crippen LogP contribution is 2.48. The van der Waals surface area contributed by atoms with Crippen molar-refractivity contribution in [2.45, 2.75) is 32.3 Å². The van der Waals surface area contributed by atoms with Crippen molar-refractivity contribution in [2.24, 2.45) is 23.7 Å². The van der Waals surface area contributed by atoms with Crippen LogP contribution in [-0.4, -0.2) is 34.2 Å². The SMILES string of the molecule is CCC(C)(O)CNC(=O)[C@H]1C2C=CC(C2)[C@H]1C(=O)O. The van der Waals surface area contributed by atoms with E-state index < -0.39 is 23.4 Å². The van der Waals surface area contributed by atoms with Crippen molar-refractivity contribution >= 4 is 11.9 Å². The second-order valence-electron chi connectivity index (χ2n) is 5.91. The van der Waals surface area contributed by atoms with Crippen molar-refractivity contribution in [3.05, 3.63) is 12.2 Å². The standard InChI is InChI=1S/C14H21NO4/c1-3-14(2,19)7-15-12(16)10-8-4-5-9(6-8)11(10)13(17)18/h4-5,8-11,19H,3,6-7H2,1-2H3,(H,15,16)(H,17,18)/t8?,9?,10-,11+,14?/m0/s1. The van der Waals surface area contributed by atoms with Gasteiger partial charge in [0.25, 0.3) is 0 Å². The van der Waals surface area contributed by atoms with Crippen molar-refractivity contribution in [2.75, 3.05) is 6.54 Å². The Kier molecular flexibility index (Phi) is 3.67. The Labute approximate surface area is 112 Å². The van der Waals surface area contributed by atoms with Crippen molar-refractivity contribution in [1.29, 1.82) is 0 Å². The molecule has 5 atom stereocenters. The molecule has 2 aliphatic carbocycles. The highest BCUT2D eigenvalue weighted by atomic mass is 16.4. The molecular weight excluding hydrogens is 246 g/mol. The molecule has 0 saturated heterocycles. The largest absolute Gasteiger partial charge is 0.481 e. The molecule has 0 radical (unpaired) electrons. The summed E-state index contributed by atoms with van der Waals surface area (Å²) < 4.78 is 0. The summed E-state index contributed by atoms with van der Waals surface area (Å²) >= 11 is 0. The van der Waals surface area contributed by atoms with Gasteiger partial charge in [0.15, 0.2) is 0 Å². The Bertz CT molecular complexity index is 416. The summed E-state index contributed by atoms with van der Waals surface area (Å²) in [6.45, 7) is 3.65. The lowest BCUT2D eigenvalue weighted by Gasteiger charge is -2.27. The molecule has 3 unspecified atom stereocenters. The number of amides is 1. The van der Waals surface area contributed by atoms with Gasteiger partial charge in [0.2, 0.25) is 5.91 Å². The fourth-order valence-corrected chi connectivity index (χ4v) is 3.04. The molecule has 1 fully saturated rings. The van der Waals surface area contributed by atoms with Gasteiger partial charge in [0.1, 0.15) is 0 Å². The second kappa shape index (κ2) is 4.96. The summed E-state index contributed by atoms with van der Waals surface area (Å²) in [5.74, 6) is -2.28. The fourth-order valence-electron chi connectivity index (χ4n) is 3.04. The van der Waals surface area contributed by atoms with E-state index in [1.807, 2.05) is 19.1 Å². The number of rotatable bonds is 5. The zero-order valence-electron chi connectivity index (χ0n) is 11.3. The van der Waals surface area contributed by atoms with Gasteiger partial charge in [-0.3, -0.25) is 9.59 Å². The smallest absolute Gasteiger partial charge is 0.307 e. The minimum absolute atomic E-state index is 0.0232. The highest BCUT2D eigenvalue weighted by molar-refractivity contribution is 5.86. The van der Waals surface area contributed by atoms with Gasteiger partial charge in [-0.25, -0.2) is 0 Å². The first kappa shape index (κ1) is 14.1. The van der Waals surface area contributed by atoms with Crippen LogP contribution in [0.2, 0.25) is 0 Å². The van der Waals surface area contributed by atoms with Gasteiger partial charge >= 0.3 is 5.97 Å². The molecule has 0 aromatic heterocycles. The third kappa shape index (κ3) is 2.66. The zero-order valence-corrected chi connectivity index (χ0v) is 11.3. The molecule has 0 aliphatic heterocycles. The summed E-state index contributed by atoms with van der Waals surface area (Å²) in [5.41, 5.74) is -0.943. The number of carboxylic acid groups (broad SMARTS) is 1. The molecule has 106 valence electrons. The van der Waals surface area contributed by atoms with Crippen LogP contribution >= 0.6 is 0 Å². The molecule has 2 aliphatic rings. The number of carbonyl (C=O) groups excluding carboxylic acids is 1. The monoisotopic (exact) mass is 267 g/mol. The van der Waals surface area contributed by atoms with Gasteiger partial charge in [-0.15, -0.1) is 0 Å². The third-order valence-corrected chi connectivity index (χ3v) is 4.45. The van der Waals surface area contributed by atoms with Gasteiger partial charge in [-0.2, -0.15) is 0 Å². The molecule has 0 aromatic rings. The minimum Gasteiger partial charge on any atom is -0.481 e. The average molecular weight is 267 g/mol. The van der Waals surface area contributed by atoms with Gasteiger partial charge in [-0.1, -0.05) is 19.1 Å². The van der Waals surface area contributed by atoms with E-state index in [4.69, 9.17) is 0 Å². The Balaban J connectivity index is 2.02. The highest BCUT2D eigenvalue weighted by Gasteiger charge is 2.51. The van der Waals surface area contributed by atoms with Crippen LogP contribution in [0.5, 0.6) is 0 Å². The number of nitrogens with one attached hydrogen (secondary N) is 1. The van der Waals surface area contributed by atoms with Crippen molar-refractivity contribution < 1.29 is 19.8 Å². The predicted octanol–water partition coefficient (Wildman–Crippen LogP) is 0.787. The number of aliphatic carboxylic acids is 1. The maximum Gasteiger partial charge on any atom is 0.307 e. The van der Waals surface area contributed by atoms with Crippen LogP contribution in [0.1, 0.15) is 26.7 Å². The number of carbonyl (C=O) groups is 2. The summed E-state index contributed by atoms with van der Waals surface area (Å²) in [6, 6.07) is 0. The summed E-state index contributed by atoms with van der Waals surface area (Å²) in [5, 5.41) is 21.8. The number of hydrogen-bond donors (Lipinski definition) is 3. The van der Waals surface area contributed by atoms with Crippen molar-refractivity contribution in [3.8, 4) is 0 Å². The van der Waals surface area contributed by atoms with Crippen molar-refractivity contribution in [1.82, 2.24) is 5.32 Å². The summed E-state index contributed by atoms with van der Waals surface area (Å²) in [7, 11) is 0. The van der Waals surface area contributed by atoms with E-state index in [2.05, 4.69) is 5.32 Å². The Hall–Kier alpha value is -1.36. The van der Waals surface area contributed by atoms with Crippen LogP contribution in [0.4, 0.5) is 0 Å². The van der Waals surface area contributed by atoms with E-state index in [0.29, 0.717) is 6.42 Å². The van der Waals surface area contributed by atoms with E-state index in [1.165, 1.54) is 0 Å². The van der Waals surface area contributed by atoms with E-state index in [-0.39, 0.29) is 24.3 Å². The Morgan fingerprint density at radius 3 is 2.42 bits per heavy atom. The van der Waals surface area contributed by atoms with Gasteiger partial charge < -0.3 is 15.5 Å². The lowest BCUT2D eigenvalue weighted by molar-refractivity contribution is -0.148. The maximum absolute atomic E-state index is 12.2. The number of carboxylic acids is 1. The molecule has 0 spiro atoms. The van der Waals surface area contributed by atoms with E-state index in [1.54, 1.807) is 6.92 Å². The number of allylic oxidation sites excluding steroid dienone is 2. The topological polar surface area (TPSA) is 86.6 Å². The first-order valence-corrected chi connectivity index (χ1v) is 6.77. The molecule has 19 heavy (non-hydrogen) atoms. The van der Waals surface area contributed by atoms with Crippen LogP contribution in [0.15, 0.2) is 12.2 Å².